The van der Waals surface area contributed by atoms with Crippen LogP contribution in [0.2, 0.25) is 0 Å². The standard InChI is InChI=1S/C31H40N6O4/c1-31(2,3)41-30(39)36-17-15-35(16-18-36)27(38)20-37-21-33-28(22-9-11-25(40-4)12-10-22)29(37)23-13-14-32-26(19-23)34-24-7-5-6-8-24/h9-14,19,21,24H,5-8,15-18,20H2,1-4H3,(H,32,34). The zero-order valence-electron chi connectivity index (χ0n) is 24.4. The molecule has 1 aliphatic heterocycles. The van der Waals surface area contributed by atoms with Crippen LogP contribution in [-0.2, 0) is 16.1 Å². The minimum atomic E-state index is -0.553. The van der Waals surface area contributed by atoms with Crippen LogP contribution in [0.25, 0.3) is 22.5 Å². The smallest absolute Gasteiger partial charge is 0.410 e. The van der Waals surface area contributed by atoms with E-state index in [2.05, 4.69) is 10.3 Å². The van der Waals surface area contributed by atoms with Gasteiger partial charge in [0.2, 0.25) is 5.91 Å². The molecule has 0 spiro atoms. The lowest BCUT2D eigenvalue weighted by atomic mass is 10.0. The first-order valence-corrected chi connectivity index (χ1v) is 14.4. The van der Waals surface area contributed by atoms with Crippen molar-refractivity contribution in [1.29, 1.82) is 0 Å². The minimum Gasteiger partial charge on any atom is -0.497 e. The third kappa shape index (κ3) is 6.99. The van der Waals surface area contributed by atoms with Crippen molar-refractivity contribution >= 4 is 17.8 Å². The number of nitrogens with zero attached hydrogens (tertiary/aromatic N) is 5. The Morgan fingerprint density at radius 1 is 0.951 bits per heavy atom. The fraction of sp³-hybridized carbons (Fsp3) is 0.484. The van der Waals surface area contributed by atoms with E-state index in [1.165, 1.54) is 12.8 Å². The summed E-state index contributed by atoms with van der Waals surface area (Å²) in [7, 11) is 1.64. The lowest BCUT2D eigenvalue weighted by Crippen LogP contribution is -2.52. The van der Waals surface area contributed by atoms with E-state index < -0.39 is 5.60 Å². The molecule has 2 aromatic heterocycles. The molecule has 0 atom stereocenters. The van der Waals surface area contributed by atoms with Crippen LogP contribution in [0.5, 0.6) is 5.75 Å². The van der Waals surface area contributed by atoms with Gasteiger partial charge in [0.1, 0.15) is 23.7 Å². The highest BCUT2D eigenvalue weighted by Crippen LogP contribution is 2.33. The molecule has 3 heterocycles. The number of hydrogen-bond donors (Lipinski definition) is 1. The van der Waals surface area contributed by atoms with E-state index in [1.54, 1.807) is 29.4 Å². The zero-order valence-corrected chi connectivity index (χ0v) is 24.4. The zero-order chi connectivity index (χ0) is 29.0. The van der Waals surface area contributed by atoms with Gasteiger partial charge in [-0.05, 0) is 70.0 Å². The number of carbonyl (C=O) groups is 2. The largest absolute Gasteiger partial charge is 0.497 e. The van der Waals surface area contributed by atoms with Crippen molar-refractivity contribution in [3.8, 4) is 28.3 Å². The van der Waals surface area contributed by atoms with Crippen molar-refractivity contribution in [2.75, 3.05) is 38.6 Å². The molecule has 0 unspecified atom stereocenters. The Kier molecular flexibility index (Phi) is 8.46. The number of benzene rings is 1. The van der Waals surface area contributed by atoms with Crippen LogP contribution in [0.15, 0.2) is 48.9 Å². The van der Waals surface area contributed by atoms with E-state index in [4.69, 9.17) is 14.5 Å². The predicted octanol–water partition coefficient (Wildman–Crippen LogP) is 5.05. The second-order valence-corrected chi connectivity index (χ2v) is 11.7. The van der Waals surface area contributed by atoms with Gasteiger partial charge in [-0.25, -0.2) is 14.8 Å². The SMILES string of the molecule is COc1ccc(-c2ncn(CC(=O)N3CCN(C(=O)OC(C)(C)C)CC3)c2-c2ccnc(NC3CCCC3)c2)cc1. The molecule has 1 aliphatic carbocycles. The Morgan fingerprint density at radius 2 is 1.63 bits per heavy atom. The molecule has 5 rings (SSSR count). The summed E-state index contributed by atoms with van der Waals surface area (Å²) in [6.45, 7) is 7.48. The monoisotopic (exact) mass is 560 g/mol. The molecule has 1 aromatic carbocycles. The molecule has 10 heteroatoms. The Bertz CT molecular complexity index is 1350. The van der Waals surface area contributed by atoms with Crippen molar-refractivity contribution in [1.82, 2.24) is 24.3 Å². The second kappa shape index (κ2) is 12.2. The van der Waals surface area contributed by atoms with Gasteiger partial charge in [-0.2, -0.15) is 0 Å². The number of ether oxygens (including phenoxy) is 2. The number of anilines is 1. The van der Waals surface area contributed by atoms with Gasteiger partial charge in [0, 0.05) is 49.5 Å². The number of nitrogens with one attached hydrogen (secondary N) is 1. The Labute approximate surface area is 241 Å². The van der Waals surface area contributed by atoms with Crippen molar-refractivity contribution in [2.45, 2.75) is 64.6 Å². The van der Waals surface area contributed by atoms with Crippen LogP contribution >= 0.6 is 0 Å². The summed E-state index contributed by atoms with van der Waals surface area (Å²) in [5, 5.41) is 3.58. The van der Waals surface area contributed by atoms with Crippen molar-refractivity contribution in [3.05, 3.63) is 48.9 Å². The molecule has 3 aromatic rings. The molecule has 1 N–H and O–H groups in total. The predicted molar refractivity (Wildman–Crippen MR) is 158 cm³/mol. The Hall–Kier alpha value is -4.08. The maximum Gasteiger partial charge on any atom is 0.410 e. The first-order valence-electron chi connectivity index (χ1n) is 14.4. The number of aromatic nitrogens is 3. The molecule has 218 valence electrons. The average Bonchev–Trinajstić information content (AvgIpc) is 3.62. The summed E-state index contributed by atoms with van der Waals surface area (Å²) in [5.74, 6) is 1.57. The van der Waals surface area contributed by atoms with Gasteiger partial charge >= 0.3 is 6.09 Å². The Morgan fingerprint density at radius 3 is 2.29 bits per heavy atom. The summed E-state index contributed by atoms with van der Waals surface area (Å²) in [6.07, 6.45) is 7.96. The topological polar surface area (TPSA) is 102 Å². The van der Waals surface area contributed by atoms with Crippen LogP contribution in [0.3, 0.4) is 0 Å². The summed E-state index contributed by atoms with van der Waals surface area (Å²) >= 11 is 0. The first kappa shape index (κ1) is 28.4. The molecular formula is C31H40N6O4. The molecule has 1 saturated carbocycles. The molecule has 1 saturated heterocycles. The van der Waals surface area contributed by atoms with E-state index in [9.17, 15) is 9.59 Å². The number of pyridine rings is 1. The molecule has 2 aliphatic rings. The van der Waals surface area contributed by atoms with E-state index in [1.807, 2.05) is 61.7 Å². The third-order valence-electron chi connectivity index (χ3n) is 7.53. The Balaban J connectivity index is 1.37. The molecular weight excluding hydrogens is 520 g/mol. The fourth-order valence-electron chi connectivity index (χ4n) is 5.41. The summed E-state index contributed by atoms with van der Waals surface area (Å²) in [5.41, 5.74) is 2.95. The van der Waals surface area contributed by atoms with Crippen LogP contribution < -0.4 is 10.1 Å². The average molecular weight is 561 g/mol. The summed E-state index contributed by atoms with van der Waals surface area (Å²) < 4.78 is 12.8. The number of hydrogen-bond acceptors (Lipinski definition) is 7. The summed E-state index contributed by atoms with van der Waals surface area (Å²) in [6, 6.07) is 12.2. The lowest BCUT2D eigenvalue weighted by molar-refractivity contribution is -0.133. The number of piperazine rings is 1. The maximum absolute atomic E-state index is 13.5. The third-order valence-corrected chi connectivity index (χ3v) is 7.53. The van der Waals surface area contributed by atoms with Gasteiger partial charge < -0.3 is 29.2 Å². The van der Waals surface area contributed by atoms with E-state index in [-0.39, 0.29) is 18.5 Å². The minimum absolute atomic E-state index is 0.0212. The van der Waals surface area contributed by atoms with Crippen LogP contribution in [-0.4, -0.2) is 81.3 Å². The highest BCUT2D eigenvalue weighted by molar-refractivity contribution is 5.82. The van der Waals surface area contributed by atoms with Crippen LogP contribution in [0.4, 0.5) is 10.6 Å². The van der Waals surface area contributed by atoms with Gasteiger partial charge in [0.05, 0.1) is 24.8 Å². The molecule has 41 heavy (non-hydrogen) atoms. The van der Waals surface area contributed by atoms with Crippen molar-refractivity contribution in [2.24, 2.45) is 0 Å². The van der Waals surface area contributed by atoms with E-state index in [0.29, 0.717) is 32.2 Å². The fourth-order valence-corrected chi connectivity index (χ4v) is 5.41. The van der Waals surface area contributed by atoms with Crippen LogP contribution in [0.1, 0.15) is 46.5 Å². The molecule has 0 radical (unpaired) electrons. The van der Waals surface area contributed by atoms with Gasteiger partial charge in [-0.1, -0.05) is 12.8 Å². The van der Waals surface area contributed by atoms with Crippen LogP contribution in [0, 0.1) is 0 Å². The van der Waals surface area contributed by atoms with Gasteiger partial charge in [0.15, 0.2) is 0 Å². The highest BCUT2D eigenvalue weighted by atomic mass is 16.6. The second-order valence-electron chi connectivity index (χ2n) is 11.7. The number of methoxy groups -OCH3 is 1. The quantitative estimate of drug-likeness (QED) is 0.431. The molecule has 0 bridgehead atoms. The number of rotatable bonds is 7. The van der Waals surface area contributed by atoms with Gasteiger partial charge in [-0.15, -0.1) is 0 Å². The number of carbonyl (C=O) groups excluding carboxylic acids is 2. The maximum atomic E-state index is 13.5. The first-order chi connectivity index (χ1) is 19.7. The van der Waals surface area contributed by atoms with Gasteiger partial charge in [-0.3, -0.25) is 4.79 Å². The molecule has 2 amide bonds. The number of amides is 2. The molecule has 10 nitrogen and oxygen atoms in total. The summed E-state index contributed by atoms with van der Waals surface area (Å²) in [4.78, 5) is 38.7. The van der Waals surface area contributed by atoms with Gasteiger partial charge in [0.25, 0.3) is 0 Å². The molecule has 2 fully saturated rings. The van der Waals surface area contributed by atoms with Crippen molar-refractivity contribution in [3.63, 3.8) is 0 Å². The normalized spacial score (nSPS) is 16.1. The highest BCUT2D eigenvalue weighted by Gasteiger charge is 2.28. The van der Waals surface area contributed by atoms with Crippen molar-refractivity contribution < 1.29 is 19.1 Å². The lowest BCUT2D eigenvalue weighted by Gasteiger charge is -2.35. The number of imidazole rings is 1. The van der Waals surface area contributed by atoms with E-state index >= 15 is 0 Å². The van der Waals surface area contributed by atoms with E-state index in [0.717, 1.165) is 46.9 Å².